The van der Waals surface area contributed by atoms with Crippen molar-refractivity contribution in [3.8, 4) is 5.75 Å². The number of rotatable bonds is 9. The molecular formula is C24H32N2O2. The Hall–Kier alpha value is -2.49. The van der Waals surface area contributed by atoms with E-state index < -0.39 is 5.41 Å². The summed E-state index contributed by atoms with van der Waals surface area (Å²) in [5, 5.41) is 2.30. The number of hydrogen-bond donors (Lipinski definition) is 2. The molecule has 1 aliphatic rings. The van der Waals surface area contributed by atoms with Crippen molar-refractivity contribution in [1.29, 1.82) is 0 Å². The maximum absolute atomic E-state index is 12.0. The second-order valence-electron chi connectivity index (χ2n) is 8.11. The third-order valence-corrected chi connectivity index (χ3v) is 5.50. The van der Waals surface area contributed by atoms with Gasteiger partial charge in [0, 0.05) is 5.70 Å². The van der Waals surface area contributed by atoms with Crippen molar-refractivity contribution in [1.82, 2.24) is 10.9 Å². The number of amides is 1. The third-order valence-electron chi connectivity index (χ3n) is 5.50. The van der Waals surface area contributed by atoms with Gasteiger partial charge in [-0.2, -0.15) is 0 Å². The van der Waals surface area contributed by atoms with Crippen LogP contribution < -0.4 is 15.6 Å². The van der Waals surface area contributed by atoms with Gasteiger partial charge in [0.15, 0.2) is 0 Å². The van der Waals surface area contributed by atoms with Crippen LogP contribution in [0.4, 0.5) is 0 Å². The Bertz CT molecular complexity index is 855. The number of carbonyl (C=O) groups excluding carboxylic acids is 1. The lowest BCUT2D eigenvalue weighted by molar-refractivity contribution is -0.125. The predicted octanol–water partition coefficient (Wildman–Crippen LogP) is 5.58. The minimum Gasteiger partial charge on any atom is -0.494 e. The van der Waals surface area contributed by atoms with Crippen molar-refractivity contribution in [2.75, 3.05) is 6.61 Å². The lowest BCUT2D eigenvalue weighted by Gasteiger charge is -2.15. The summed E-state index contributed by atoms with van der Waals surface area (Å²) in [7, 11) is 0. The van der Waals surface area contributed by atoms with Crippen LogP contribution >= 0.6 is 0 Å². The number of hydrogen-bond acceptors (Lipinski definition) is 3. The van der Waals surface area contributed by atoms with Crippen LogP contribution in [0.1, 0.15) is 64.9 Å². The summed E-state index contributed by atoms with van der Waals surface area (Å²) in [6.45, 7) is 6.86. The summed E-state index contributed by atoms with van der Waals surface area (Å²) in [4.78, 5) is 12.0. The van der Waals surface area contributed by atoms with Gasteiger partial charge in [0.25, 0.3) is 0 Å². The molecule has 0 saturated carbocycles. The van der Waals surface area contributed by atoms with Gasteiger partial charge in [0.1, 0.15) is 5.75 Å². The molecule has 0 spiro atoms. The SMILES string of the molecule is CCCCCCCCOc1ccc2c(/C=C3\NNC(=O)C3(C)C)cccc2c1. The molecule has 1 aliphatic heterocycles. The van der Waals surface area contributed by atoms with Gasteiger partial charge in [0.2, 0.25) is 5.91 Å². The zero-order valence-corrected chi connectivity index (χ0v) is 17.3. The van der Waals surface area contributed by atoms with Gasteiger partial charge in [-0.1, -0.05) is 63.3 Å². The van der Waals surface area contributed by atoms with E-state index in [9.17, 15) is 4.79 Å². The number of nitrogens with one attached hydrogen (secondary N) is 2. The molecule has 2 aromatic carbocycles. The molecule has 1 amide bonds. The Kier molecular flexibility index (Phi) is 6.61. The summed E-state index contributed by atoms with van der Waals surface area (Å²) < 4.78 is 5.96. The van der Waals surface area contributed by atoms with Crippen LogP contribution in [0.3, 0.4) is 0 Å². The molecule has 2 N–H and O–H groups in total. The van der Waals surface area contributed by atoms with E-state index in [-0.39, 0.29) is 5.91 Å². The van der Waals surface area contributed by atoms with Crippen molar-refractivity contribution < 1.29 is 9.53 Å². The molecule has 0 bridgehead atoms. The highest BCUT2D eigenvalue weighted by Crippen LogP contribution is 2.32. The van der Waals surface area contributed by atoms with Crippen LogP contribution in [-0.4, -0.2) is 12.5 Å². The standard InChI is InChI=1S/C24H32N2O2/c1-4-5-6-7-8-9-15-28-20-13-14-21-18(16-20)11-10-12-19(21)17-22-24(2,3)23(27)26-25-22/h10-14,16-17,25H,4-9,15H2,1-3H3,(H,26,27)/b22-17-. The zero-order valence-electron chi connectivity index (χ0n) is 17.3. The molecule has 0 unspecified atom stereocenters. The Morgan fingerprint density at radius 3 is 2.54 bits per heavy atom. The molecule has 0 radical (unpaired) electrons. The van der Waals surface area contributed by atoms with Crippen molar-refractivity contribution in [2.45, 2.75) is 59.3 Å². The zero-order chi connectivity index (χ0) is 20.0. The first-order chi connectivity index (χ1) is 13.5. The Morgan fingerprint density at radius 1 is 1.00 bits per heavy atom. The number of carbonyl (C=O) groups is 1. The number of unbranched alkanes of at least 4 members (excludes halogenated alkanes) is 5. The topological polar surface area (TPSA) is 50.4 Å². The molecule has 0 aromatic heterocycles. The molecule has 1 heterocycles. The monoisotopic (exact) mass is 380 g/mol. The molecule has 0 atom stereocenters. The summed E-state index contributed by atoms with van der Waals surface area (Å²) >= 11 is 0. The minimum absolute atomic E-state index is 0.00985. The number of fused-ring (bicyclic) bond motifs is 1. The Morgan fingerprint density at radius 2 is 1.79 bits per heavy atom. The van der Waals surface area contributed by atoms with E-state index in [1.807, 2.05) is 26.0 Å². The summed E-state index contributed by atoms with van der Waals surface area (Å²) in [5.41, 5.74) is 7.13. The van der Waals surface area contributed by atoms with E-state index >= 15 is 0 Å². The van der Waals surface area contributed by atoms with Crippen molar-refractivity contribution in [3.63, 3.8) is 0 Å². The van der Waals surface area contributed by atoms with Gasteiger partial charge in [-0.15, -0.1) is 0 Å². The molecular weight excluding hydrogens is 348 g/mol. The molecule has 4 nitrogen and oxygen atoms in total. The quantitative estimate of drug-likeness (QED) is 0.558. The number of benzene rings is 2. The Labute approximate surface area is 168 Å². The fourth-order valence-electron chi connectivity index (χ4n) is 3.51. The van der Waals surface area contributed by atoms with E-state index in [1.165, 1.54) is 32.1 Å². The third kappa shape index (κ3) is 4.67. The van der Waals surface area contributed by atoms with Crippen LogP contribution in [0.15, 0.2) is 42.1 Å². The summed E-state index contributed by atoms with van der Waals surface area (Å²) in [5.74, 6) is 0.909. The molecule has 4 heteroatoms. The fraction of sp³-hybridized carbons (Fsp3) is 0.458. The highest BCUT2D eigenvalue weighted by atomic mass is 16.5. The second kappa shape index (κ2) is 9.13. The van der Waals surface area contributed by atoms with Gasteiger partial charge in [0.05, 0.1) is 12.0 Å². The maximum atomic E-state index is 12.0. The average Bonchev–Trinajstić information content (AvgIpc) is 2.94. The largest absolute Gasteiger partial charge is 0.494 e. The first kappa shape index (κ1) is 20.2. The highest BCUT2D eigenvalue weighted by molar-refractivity contribution is 5.94. The first-order valence-electron chi connectivity index (χ1n) is 10.5. The van der Waals surface area contributed by atoms with Crippen LogP contribution in [0.2, 0.25) is 0 Å². The minimum atomic E-state index is -0.553. The summed E-state index contributed by atoms with van der Waals surface area (Å²) in [6, 6.07) is 12.5. The lowest BCUT2D eigenvalue weighted by atomic mass is 9.88. The fourth-order valence-corrected chi connectivity index (χ4v) is 3.51. The van der Waals surface area contributed by atoms with E-state index in [0.29, 0.717) is 0 Å². The first-order valence-corrected chi connectivity index (χ1v) is 10.5. The van der Waals surface area contributed by atoms with E-state index in [0.717, 1.165) is 40.8 Å². The highest BCUT2D eigenvalue weighted by Gasteiger charge is 2.37. The smallest absolute Gasteiger partial charge is 0.249 e. The van der Waals surface area contributed by atoms with E-state index in [1.54, 1.807) is 0 Å². The van der Waals surface area contributed by atoms with Crippen molar-refractivity contribution in [3.05, 3.63) is 47.7 Å². The van der Waals surface area contributed by atoms with Crippen molar-refractivity contribution >= 4 is 22.8 Å². The van der Waals surface area contributed by atoms with Crippen LogP contribution in [-0.2, 0) is 4.79 Å². The lowest BCUT2D eigenvalue weighted by Crippen LogP contribution is -2.28. The summed E-state index contributed by atoms with van der Waals surface area (Å²) in [6.07, 6.45) is 9.65. The van der Waals surface area contributed by atoms with Crippen LogP contribution in [0, 0.1) is 5.41 Å². The molecule has 150 valence electrons. The molecule has 1 fully saturated rings. The van der Waals surface area contributed by atoms with Gasteiger partial charge < -0.3 is 10.2 Å². The molecule has 28 heavy (non-hydrogen) atoms. The van der Waals surface area contributed by atoms with Crippen molar-refractivity contribution in [2.24, 2.45) is 5.41 Å². The average molecular weight is 381 g/mol. The number of ether oxygens (including phenoxy) is 1. The second-order valence-corrected chi connectivity index (χ2v) is 8.11. The van der Waals surface area contributed by atoms with Gasteiger partial charge in [-0.05, 0) is 54.8 Å². The molecule has 3 rings (SSSR count). The number of hydrazine groups is 1. The molecule has 1 saturated heterocycles. The van der Waals surface area contributed by atoms with Crippen LogP contribution in [0.25, 0.3) is 16.8 Å². The molecule has 2 aromatic rings. The predicted molar refractivity (Wildman–Crippen MR) is 116 cm³/mol. The van der Waals surface area contributed by atoms with Crippen LogP contribution in [0.5, 0.6) is 5.75 Å². The Balaban J connectivity index is 1.67. The van der Waals surface area contributed by atoms with E-state index in [4.69, 9.17) is 4.74 Å². The molecule has 0 aliphatic carbocycles. The normalized spacial score (nSPS) is 17.0. The van der Waals surface area contributed by atoms with Gasteiger partial charge in [-0.3, -0.25) is 10.2 Å². The van der Waals surface area contributed by atoms with Gasteiger partial charge >= 0.3 is 0 Å². The van der Waals surface area contributed by atoms with E-state index in [2.05, 4.69) is 48.1 Å². The van der Waals surface area contributed by atoms with Gasteiger partial charge in [-0.25, -0.2) is 0 Å². The maximum Gasteiger partial charge on any atom is 0.249 e.